The summed E-state index contributed by atoms with van der Waals surface area (Å²) in [7, 11) is 1.87. The van der Waals surface area contributed by atoms with Crippen molar-refractivity contribution in [3.8, 4) is 0 Å². The van der Waals surface area contributed by atoms with Crippen LogP contribution in [0.4, 0.5) is 11.4 Å². The smallest absolute Gasteiger partial charge is 0.251 e. The molecule has 31 heavy (non-hydrogen) atoms. The van der Waals surface area contributed by atoms with E-state index >= 15 is 0 Å². The van der Waals surface area contributed by atoms with Crippen molar-refractivity contribution in [1.82, 2.24) is 15.1 Å². The summed E-state index contributed by atoms with van der Waals surface area (Å²) in [5, 5.41) is 5.85. The van der Waals surface area contributed by atoms with Crippen molar-refractivity contribution >= 4 is 23.2 Å². The zero-order valence-corrected chi connectivity index (χ0v) is 18.1. The number of hydrogen-bond acceptors (Lipinski definition) is 5. The Kier molecular flexibility index (Phi) is 6.84. The summed E-state index contributed by atoms with van der Waals surface area (Å²) >= 11 is 0. The quantitative estimate of drug-likeness (QED) is 0.670. The second kappa shape index (κ2) is 9.94. The molecule has 0 saturated carbocycles. The van der Waals surface area contributed by atoms with Gasteiger partial charge in [-0.15, -0.1) is 0 Å². The van der Waals surface area contributed by atoms with Gasteiger partial charge >= 0.3 is 0 Å². The molecule has 1 saturated heterocycles. The van der Waals surface area contributed by atoms with E-state index < -0.39 is 0 Å². The molecule has 0 unspecified atom stereocenters. The van der Waals surface area contributed by atoms with Gasteiger partial charge in [-0.05, 0) is 36.7 Å². The third-order valence-corrected chi connectivity index (χ3v) is 5.98. The van der Waals surface area contributed by atoms with Gasteiger partial charge in [-0.2, -0.15) is 0 Å². The first-order valence-electron chi connectivity index (χ1n) is 11.0. The van der Waals surface area contributed by atoms with Crippen molar-refractivity contribution in [3.05, 3.63) is 59.7 Å². The van der Waals surface area contributed by atoms with Gasteiger partial charge in [0.05, 0.1) is 17.9 Å². The topological polar surface area (TPSA) is 67.9 Å². The molecule has 0 aromatic heterocycles. The molecule has 0 radical (unpaired) electrons. The molecule has 1 fully saturated rings. The van der Waals surface area contributed by atoms with E-state index in [9.17, 15) is 9.59 Å². The molecule has 2 aromatic rings. The van der Waals surface area contributed by atoms with Gasteiger partial charge in [-0.3, -0.25) is 14.5 Å². The summed E-state index contributed by atoms with van der Waals surface area (Å²) in [6.07, 6.45) is 0.925. The molecule has 2 heterocycles. The molecule has 2 N–H and O–H groups in total. The lowest BCUT2D eigenvalue weighted by atomic mass is 10.1. The van der Waals surface area contributed by atoms with Crippen LogP contribution in [-0.2, 0) is 11.3 Å². The molecule has 0 bridgehead atoms. The number of anilines is 2. The highest BCUT2D eigenvalue weighted by Gasteiger charge is 2.20. The molecule has 4 rings (SSSR count). The molecular weight excluding hydrogens is 390 g/mol. The van der Waals surface area contributed by atoms with Crippen LogP contribution >= 0.6 is 0 Å². The number of hydrogen-bond donors (Lipinski definition) is 2. The predicted molar refractivity (Wildman–Crippen MR) is 123 cm³/mol. The number of carbonyl (C=O) groups excluding carboxylic acids is 2. The van der Waals surface area contributed by atoms with E-state index in [-0.39, 0.29) is 11.8 Å². The second-order valence-corrected chi connectivity index (χ2v) is 8.35. The van der Waals surface area contributed by atoms with E-state index in [1.165, 1.54) is 5.56 Å². The van der Waals surface area contributed by atoms with E-state index in [1.54, 1.807) is 6.07 Å². The lowest BCUT2D eigenvalue weighted by molar-refractivity contribution is -0.115. The fourth-order valence-corrected chi connectivity index (χ4v) is 4.22. The zero-order valence-electron chi connectivity index (χ0n) is 18.1. The lowest BCUT2D eigenvalue weighted by Crippen LogP contribution is -2.46. The van der Waals surface area contributed by atoms with E-state index in [0.717, 1.165) is 51.4 Å². The number of fused-ring (bicyclic) bond motifs is 1. The van der Waals surface area contributed by atoms with Gasteiger partial charge in [0.1, 0.15) is 0 Å². The molecule has 2 aromatic carbocycles. The minimum Gasteiger partial charge on any atom is -0.364 e. The second-order valence-electron chi connectivity index (χ2n) is 8.35. The molecule has 0 spiro atoms. The van der Waals surface area contributed by atoms with Gasteiger partial charge in [0, 0.05) is 51.9 Å². The van der Waals surface area contributed by atoms with Crippen LogP contribution in [0.2, 0.25) is 0 Å². The fourth-order valence-electron chi connectivity index (χ4n) is 4.22. The zero-order chi connectivity index (χ0) is 21.6. The number of rotatable bonds is 7. The Bertz CT molecular complexity index is 909. The number of amides is 2. The Balaban J connectivity index is 1.17. The summed E-state index contributed by atoms with van der Waals surface area (Å²) < 4.78 is 0. The Labute approximate surface area is 184 Å². The normalized spacial score (nSPS) is 17.2. The fraction of sp³-hybridized carbons (Fsp3) is 0.417. The van der Waals surface area contributed by atoms with Gasteiger partial charge in [-0.25, -0.2) is 0 Å². The highest BCUT2D eigenvalue weighted by Crippen LogP contribution is 2.29. The molecule has 0 atom stereocenters. The number of benzene rings is 2. The molecular formula is C24H31N5O2. The van der Waals surface area contributed by atoms with Crippen LogP contribution in [0.25, 0.3) is 0 Å². The van der Waals surface area contributed by atoms with Crippen LogP contribution in [0.15, 0.2) is 48.5 Å². The third kappa shape index (κ3) is 5.62. The Hall–Kier alpha value is -2.90. The van der Waals surface area contributed by atoms with E-state index in [2.05, 4.69) is 50.8 Å². The number of piperazine rings is 1. The van der Waals surface area contributed by atoms with E-state index in [4.69, 9.17) is 0 Å². The molecule has 164 valence electrons. The van der Waals surface area contributed by atoms with Crippen molar-refractivity contribution in [2.45, 2.75) is 13.0 Å². The molecule has 2 aliphatic rings. The third-order valence-electron chi connectivity index (χ3n) is 5.98. The van der Waals surface area contributed by atoms with Crippen LogP contribution in [0.3, 0.4) is 0 Å². The van der Waals surface area contributed by atoms with Gasteiger partial charge < -0.3 is 20.4 Å². The average molecular weight is 422 g/mol. The maximum absolute atomic E-state index is 12.5. The first kappa shape index (κ1) is 21.3. The number of nitrogens with zero attached hydrogens (tertiary/aromatic N) is 3. The maximum atomic E-state index is 12.5. The van der Waals surface area contributed by atoms with Gasteiger partial charge in [-0.1, -0.05) is 30.3 Å². The van der Waals surface area contributed by atoms with Crippen molar-refractivity contribution in [3.63, 3.8) is 0 Å². The Morgan fingerprint density at radius 2 is 1.77 bits per heavy atom. The summed E-state index contributed by atoms with van der Waals surface area (Å²) in [6.45, 7) is 7.28. The van der Waals surface area contributed by atoms with Crippen molar-refractivity contribution < 1.29 is 9.59 Å². The first-order chi connectivity index (χ1) is 15.1. The minimum absolute atomic E-state index is 0.0589. The average Bonchev–Trinajstić information content (AvgIpc) is 2.78. The van der Waals surface area contributed by atoms with E-state index in [1.807, 2.05) is 24.1 Å². The van der Waals surface area contributed by atoms with Crippen LogP contribution in [0.5, 0.6) is 0 Å². The highest BCUT2D eigenvalue weighted by atomic mass is 16.2. The van der Waals surface area contributed by atoms with Crippen molar-refractivity contribution in [1.29, 1.82) is 0 Å². The minimum atomic E-state index is -0.0991. The van der Waals surface area contributed by atoms with Crippen LogP contribution in [-0.4, -0.2) is 74.5 Å². The van der Waals surface area contributed by atoms with Crippen LogP contribution < -0.4 is 15.5 Å². The standard InChI is InChI=1S/C24H31N5O2/c1-27-18-23(30)26-21-16-20(8-9-22(21)27)24(31)25-10-5-11-28-12-14-29(15-13-28)17-19-6-3-2-4-7-19/h2-4,6-9,16H,5,10-15,17-18H2,1H3,(H,25,31)(H,26,30). The van der Waals surface area contributed by atoms with Gasteiger partial charge in [0.15, 0.2) is 0 Å². The molecule has 2 aliphatic heterocycles. The summed E-state index contributed by atoms with van der Waals surface area (Å²) in [4.78, 5) is 31.1. The molecule has 0 aliphatic carbocycles. The van der Waals surface area contributed by atoms with E-state index in [0.29, 0.717) is 24.3 Å². The van der Waals surface area contributed by atoms with Gasteiger partial charge in [0.25, 0.3) is 5.91 Å². The monoisotopic (exact) mass is 421 g/mol. The number of likely N-dealkylation sites (N-methyl/N-ethyl adjacent to an activating group) is 1. The van der Waals surface area contributed by atoms with Crippen molar-refractivity contribution in [2.24, 2.45) is 0 Å². The van der Waals surface area contributed by atoms with Gasteiger partial charge in [0.2, 0.25) is 5.91 Å². The van der Waals surface area contributed by atoms with Crippen molar-refractivity contribution in [2.75, 3.05) is 63.1 Å². The SMILES string of the molecule is CN1CC(=O)Nc2cc(C(=O)NCCCN3CCN(Cc4ccccc4)CC3)ccc21. The molecule has 7 heteroatoms. The summed E-state index contributed by atoms with van der Waals surface area (Å²) in [5.74, 6) is -0.158. The largest absolute Gasteiger partial charge is 0.364 e. The predicted octanol–water partition coefficient (Wildman–Crippen LogP) is 2.01. The Morgan fingerprint density at radius 3 is 2.55 bits per heavy atom. The lowest BCUT2D eigenvalue weighted by Gasteiger charge is -2.34. The summed E-state index contributed by atoms with van der Waals surface area (Å²) in [6, 6.07) is 16.1. The molecule has 2 amide bonds. The summed E-state index contributed by atoms with van der Waals surface area (Å²) in [5.41, 5.74) is 3.57. The van der Waals surface area contributed by atoms with Crippen LogP contribution in [0.1, 0.15) is 22.3 Å². The number of carbonyl (C=O) groups is 2. The maximum Gasteiger partial charge on any atom is 0.251 e. The first-order valence-corrected chi connectivity index (χ1v) is 11.0. The Morgan fingerprint density at radius 1 is 1.03 bits per heavy atom. The van der Waals surface area contributed by atoms with Crippen LogP contribution in [0, 0.1) is 0 Å². The number of nitrogens with one attached hydrogen (secondary N) is 2. The molecule has 7 nitrogen and oxygen atoms in total. The highest BCUT2D eigenvalue weighted by molar-refractivity contribution is 6.03.